The van der Waals surface area contributed by atoms with Crippen LogP contribution in [-0.4, -0.2) is 23.0 Å². The monoisotopic (exact) mass is 274 g/mol. The van der Waals surface area contributed by atoms with Gasteiger partial charge in [-0.15, -0.1) is 0 Å². The van der Waals surface area contributed by atoms with Gasteiger partial charge in [-0.05, 0) is 11.6 Å². The average molecular weight is 275 g/mol. The third-order valence-corrected chi connectivity index (χ3v) is 3.35. The molecule has 0 saturated carbocycles. The summed E-state index contributed by atoms with van der Waals surface area (Å²) in [5.74, 6) is 0.460. The number of hydrogen-bond donors (Lipinski definition) is 0. The maximum atomic E-state index is 11.9. The maximum absolute atomic E-state index is 11.9. The van der Waals surface area contributed by atoms with Crippen molar-refractivity contribution < 1.29 is 9.53 Å². The van der Waals surface area contributed by atoms with Crippen LogP contribution >= 0.6 is 11.6 Å². The SMILES string of the molecule is CN1C(=O)Oc2cnc(Cl)cc2C1c1ccccc1. The fraction of sp³-hybridized carbons (Fsp3) is 0.143. The molecular weight excluding hydrogens is 264 g/mol. The number of ether oxygens (including phenoxy) is 1. The van der Waals surface area contributed by atoms with Crippen LogP contribution in [-0.2, 0) is 0 Å². The molecule has 1 aliphatic heterocycles. The number of nitrogens with zero attached hydrogens (tertiary/aromatic N) is 2. The highest BCUT2D eigenvalue weighted by atomic mass is 35.5. The summed E-state index contributed by atoms with van der Waals surface area (Å²) in [5, 5.41) is 0.381. The van der Waals surface area contributed by atoms with Gasteiger partial charge in [0.25, 0.3) is 0 Å². The number of carbonyl (C=O) groups is 1. The number of fused-ring (bicyclic) bond motifs is 1. The summed E-state index contributed by atoms with van der Waals surface area (Å²) in [6, 6.07) is 11.3. The van der Waals surface area contributed by atoms with Crippen molar-refractivity contribution in [1.82, 2.24) is 9.88 Å². The molecule has 1 unspecified atom stereocenters. The van der Waals surface area contributed by atoms with Crippen molar-refractivity contribution in [3.05, 3.63) is 58.9 Å². The summed E-state index contributed by atoms with van der Waals surface area (Å²) in [6.45, 7) is 0. The van der Waals surface area contributed by atoms with E-state index >= 15 is 0 Å². The van der Waals surface area contributed by atoms with Crippen LogP contribution < -0.4 is 4.74 Å². The van der Waals surface area contributed by atoms with Crippen LogP contribution in [0, 0.1) is 0 Å². The summed E-state index contributed by atoms with van der Waals surface area (Å²) in [6.07, 6.45) is 1.09. The maximum Gasteiger partial charge on any atom is 0.415 e. The largest absolute Gasteiger partial charge is 0.415 e. The Labute approximate surface area is 115 Å². The summed E-state index contributed by atoms with van der Waals surface area (Å²) in [4.78, 5) is 17.4. The standard InChI is InChI=1S/C14H11ClN2O2/c1-17-13(9-5-3-2-4-6-9)10-7-12(15)16-8-11(10)19-14(17)18/h2-8,13H,1H3. The van der Waals surface area contributed by atoms with Gasteiger partial charge in [0, 0.05) is 12.6 Å². The Kier molecular flexibility index (Phi) is 2.87. The van der Waals surface area contributed by atoms with Crippen LogP contribution in [0.3, 0.4) is 0 Å². The zero-order valence-electron chi connectivity index (χ0n) is 10.2. The number of rotatable bonds is 1. The van der Waals surface area contributed by atoms with E-state index in [4.69, 9.17) is 16.3 Å². The average Bonchev–Trinajstić information content (AvgIpc) is 2.42. The van der Waals surface area contributed by atoms with E-state index in [1.165, 1.54) is 6.20 Å². The van der Waals surface area contributed by atoms with E-state index in [-0.39, 0.29) is 6.04 Å². The lowest BCUT2D eigenvalue weighted by molar-refractivity contribution is 0.140. The first kappa shape index (κ1) is 12.0. The van der Waals surface area contributed by atoms with Crippen LogP contribution in [0.1, 0.15) is 17.2 Å². The minimum absolute atomic E-state index is 0.210. The Bertz CT molecular complexity index is 631. The molecule has 1 aliphatic rings. The van der Waals surface area contributed by atoms with Gasteiger partial charge in [0.1, 0.15) is 5.15 Å². The van der Waals surface area contributed by atoms with E-state index in [1.54, 1.807) is 18.0 Å². The van der Waals surface area contributed by atoms with Gasteiger partial charge < -0.3 is 4.74 Å². The molecule has 0 bridgehead atoms. The van der Waals surface area contributed by atoms with Crippen molar-refractivity contribution in [1.29, 1.82) is 0 Å². The number of benzene rings is 1. The molecule has 0 radical (unpaired) electrons. The summed E-state index contributed by atoms with van der Waals surface area (Å²) < 4.78 is 5.22. The van der Waals surface area contributed by atoms with Crippen LogP contribution in [0.15, 0.2) is 42.6 Å². The van der Waals surface area contributed by atoms with Gasteiger partial charge in [0.05, 0.1) is 12.2 Å². The highest BCUT2D eigenvalue weighted by molar-refractivity contribution is 6.29. The second kappa shape index (κ2) is 4.55. The van der Waals surface area contributed by atoms with Crippen molar-refractivity contribution in [2.75, 3.05) is 7.05 Å². The van der Waals surface area contributed by atoms with Crippen LogP contribution in [0.25, 0.3) is 0 Å². The van der Waals surface area contributed by atoms with Gasteiger partial charge in [-0.1, -0.05) is 41.9 Å². The molecule has 1 aromatic carbocycles. The van der Waals surface area contributed by atoms with Crippen molar-refractivity contribution in [3.8, 4) is 5.75 Å². The van der Waals surface area contributed by atoms with Gasteiger partial charge in [-0.3, -0.25) is 4.90 Å². The van der Waals surface area contributed by atoms with E-state index < -0.39 is 6.09 Å². The van der Waals surface area contributed by atoms with E-state index in [0.717, 1.165) is 11.1 Å². The molecule has 5 heteroatoms. The van der Waals surface area contributed by atoms with E-state index in [0.29, 0.717) is 10.9 Å². The van der Waals surface area contributed by atoms with Crippen molar-refractivity contribution in [2.24, 2.45) is 0 Å². The number of carbonyl (C=O) groups excluding carboxylic acids is 1. The second-order valence-corrected chi connectivity index (χ2v) is 4.72. The van der Waals surface area contributed by atoms with Crippen LogP contribution in [0.5, 0.6) is 5.75 Å². The minimum atomic E-state index is -0.398. The predicted octanol–water partition coefficient (Wildman–Crippen LogP) is 3.27. The highest BCUT2D eigenvalue weighted by Gasteiger charge is 2.33. The lowest BCUT2D eigenvalue weighted by Crippen LogP contribution is -2.38. The fourth-order valence-corrected chi connectivity index (χ4v) is 2.42. The van der Waals surface area contributed by atoms with Crippen molar-refractivity contribution in [3.63, 3.8) is 0 Å². The quantitative estimate of drug-likeness (QED) is 0.750. The second-order valence-electron chi connectivity index (χ2n) is 4.34. The Hall–Kier alpha value is -2.07. The molecule has 1 atom stereocenters. The summed E-state index contributed by atoms with van der Waals surface area (Å²) in [5.41, 5.74) is 1.85. The summed E-state index contributed by atoms with van der Waals surface area (Å²) >= 11 is 5.94. The van der Waals surface area contributed by atoms with E-state index in [1.807, 2.05) is 30.3 Å². The Morgan fingerprint density at radius 3 is 2.79 bits per heavy atom. The molecule has 3 rings (SSSR count). The lowest BCUT2D eigenvalue weighted by atomic mass is 9.97. The van der Waals surface area contributed by atoms with Crippen LogP contribution in [0.2, 0.25) is 5.15 Å². The Morgan fingerprint density at radius 2 is 2.05 bits per heavy atom. The molecule has 19 heavy (non-hydrogen) atoms. The van der Waals surface area contributed by atoms with Crippen LogP contribution in [0.4, 0.5) is 4.79 Å². The molecule has 0 N–H and O–H groups in total. The number of halogens is 1. The molecular formula is C14H11ClN2O2. The minimum Gasteiger partial charge on any atom is -0.408 e. The molecule has 0 saturated heterocycles. The molecule has 0 fully saturated rings. The molecule has 4 nitrogen and oxygen atoms in total. The predicted molar refractivity (Wildman–Crippen MR) is 71.3 cm³/mol. The Morgan fingerprint density at radius 1 is 1.32 bits per heavy atom. The third-order valence-electron chi connectivity index (χ3n) is 3.15. The first-order valence-electron chi connectivity index (χ1n) is 5.82. The number of aromatic nitrogens is 1. The first-order chi connectivity index (χ1) is 9.16. The number of pyridine rings is 1. The van der Waals surface area contributed by atoms with E-state index in [9.17, 15) is 4.79 Å². The van der Waals surface area contributed by atoms with Gasteiger partial charge >= 0.3 is 6.09 Å². The van der Waals surface area contributed by atoms with Crippen molar-refractivity contribution in [2.45, 2.75) is 6.04 Å². The zero-order valence-corrected chi connectivity index (χ0v) is 11.0. The molecule has 96 valence electrons. The topological polar surface area (TPSA) is 42.4 Å². The molecule has 2 aromatic rings. The fourth-order valence-electron chi connectivity index (χ4n) is 2.25. The van der Waals surface area contributed by atoms with Gasteiger partial charge in [-0.2, -0.15) is 0 Å². The van der Waals surface area contributed by atoms with Gasteiger partial charge in [0.2, 0.25) is 0 Å². The third kappa shape index (κ3) is 2.04. The van der Waals surface area contributed by atoms with Gasteiger partial charge in [0.15, 0.2) is 5.75 Å². The molecule has 0 spiro atoms. The lowest BCUT2D eigenvalue weighted by Gasteiger charge is -2.33. The molecule has 2 heterocycles. The number of hydrogen-bond acceptors (Lipinski definition) is 3. The smallest absolute Gasteiger partial charge is 0.408 e. The summed E-state index contributed by atoms with van der Waals surface area (Å²) in [7, 11) is 1.71. The normalized spacial score (nSPS) is 17.9. The molecule has 1 amide bonds. The zero-order chi connectivity index (χ0) is 13.4. The Balaban J connectivity index is 2.17. The molecule has 1 aromatic heterocycles. The van der Waals surface area contributed by atoms with Crippen molar-refractivity contribution >= 4 is 17.7 Å². The highest BCUT2D eigenvalue weighted by Crippen LogP contribution is 2.38. The molecule has 0 aliphatic carbocycles. The van der Waals surface area contributed by atoms with Gasteiger partial charge in [-0.25, -0.2) is 9.78 Å². The van der Waals surface area contributed by atoms with E-state index in [2.05, 4.69) is 4.98 Å². The number of amides is 1. The first-order valence-corrected chi connectivity index (χ1v) is 6.19.